The molecule has 3 N–H and O–H groups in total. The van der Waals surface area contributed by atoms with E-state index in [9.17, 15) is 12.8 Å². The largest absolute Gasteiger partial charge is 0.316 e. The number of H-pyrrole nitrogens is 1. The van der Waals surface area contributed by atoms with Gasteiger partial charge in [0.25, 0.3) is 0 Å². The molecule has 2 aromatic rings. The van der Waals surface area contributed by atoms with Gasteiger partial charge < -0.3 is 5.32 Å². The average Bonchev–Trinajstić information content (AvgIpc) is 2.94. The van der Waals surface area contributed by atoms with Crippen LogP contribution in [0.25, 0.3) is 0 Å². The van der Waals surface area contributed by atoms with Gasteiger partial charge in [-0.25, -0.2) is 17.5 Å². The maximum absolute atomic E-state index is 13.9. The van der Waals surface area contributed by atoms with E-state index in [1.165, 1.54) is 25.3 Å². The van der Waals surface area contributed by atoms with Crippen molar-refractivity contribution in [2.75, 3.05) is 7.05 Å². The molecule has 114 valence electrons. The maximum Gasteiger partial charge on any atom is 0.241 e. The van der Waals surface area contributed by atoms with Crippen LogP contribution in [0.2, 0.25) is 0 Å². The average molecular weight is 312 g/mol. The summed E-state index contributed by atoms with van der Waals surface area (Å²) in [4.78, 5) is -0.0451. The molecule has 0 saturated carbocycles. The molecule has 6 nitrogen and oxygen atoms in total. The number of aromatic amines is 1. The monoisotopic (exact) mass is 312 g/mol. The zero-order chi connectivity index (χ0) is 15.5. The molecule has 0 fully saturated rings. The van der Waals surface area contributed by atoms with Gasteiger partial charge in [0.1, 0.15) is 5.82 Å². The Bertz CT molecular complexity index is 714. The minimum absolute atomic E-state index is 0.0451. The lowest BCUT2D eigenvalue weighted by Crippen LogP contribution is -2.24. The van der Waals surface area contributed by atoms with Gasteiger partial charge in [-0.05, 0) is 31.7 Å². The molecule has 0 aliphatic heterocycles. The smallest absolute Gasteiger partial charge is 0.241 e. The lowest BCUT2D eigenvalue weighted by atomic mass is 10.1. The molecule has 2 rings (SSSR count). The topological polar surface area (TPSA) is 86.9 Å². The fourth-order valence-electron chi connectivity index (χ4n) is 1.92. The highest BCUT2D eigenvalue weighted by Crippen LogP contribution is 2.20. The Labute approximate surface area is 122 Å². The van der Waals surface area contributed by atoms with Gasteiger partial charge in [0.15, 0.2) is 0 Å². The number of hydrogen-bond donors (Lipinski definition) is 3. The highest BCUT2D eigenvalue weighted by atomic mass is 32.2. The van der Waals surface area contributed by atoms with Gasteiger partial charge in [-0.1, -0.05) is 0 Å². The van der Waals surface area contributed by atoms with Crippen molar-refractivity contribution < 1.29 is 12.8 Å². The van der Waals surface area contributed by atoms with Crippen molar-refractivity contribution in [1.29, 1.82) is 0 Å². The number of benzene rings is 1. The van der Waals surface area contributed by atoms with Gasteiger partial charge in [-0.2, -0.15) is 5.10 Å². The first kappa shape index (κ1) is 15.6. The zero-order valence-electron chi connectivity index (χ0n) is 11.8. The molecule has 0 bridgehead atoms. The quantitative estimate of drug-likeness (QED) is 0.744. The molecule has 0 aliphatic rings. The van der Waals surface area contributed by atoms with Crippen molar-refractivity contribution >= 4 is 10.0 Å². The van der Waals surface area contributed by atoms with Gasteiger partial charge in [-0.15, -0.1) is 0 Å². The first-order valence-corrected chi connectivity index (χ1v) is 7.83. The lowest BCUT2D eigenvalue weighted by Gasteiger charge is -2.12. The second-order valence-electron chi connectivity index (χ2n) is 4.66. The van der Waals surface area contributed by atoms with Crippen LogP contribution in [0.4, 0.5) is 4.39 Å². The molecule has 0 spiro atoms. The van der Waals surface area contributed by atoms with Crippen LogP contribution in [0.3, 0.4) is 0 Å². The predicted octanol–water partition coefficient (Wildman–Crippen LogP) is 1.06. The van der Waals surface area contributed by atoms with E-state index in [4.69, 9.17) is 0 Å². The van der Waals surface area contributed by atoms with Crippen LogP contribution in [-0.4, -0.2) is 25.7 Å². The van der Waals surface area contributed by atoms with E-state index in [-0.39, 0.29) is 17.0 Å². The van der Waals surface area contributed by atoms with E-state index in [2.05, 4.69) is 20.2 Å². The third kappa shape index (κ3) is 3.66. The Morgan fingerprint density at radius 2 is 2.05 bits per heavy atom. The fourth-order valence-corrected chi connectivity index (χ4v) is 3.24. The first-order chi connectivity index (χ1) is 9.94. The molecule has 21 heavy (non-hydrogen) atoms. The van der Waals surface area contributed by atoms with Crippen LogP contribution in [0.15, 0.2) is 29.4 Å². The Kier molecular flexibility index (Phi) is 4.71. The maximum atomic E-state index is 13.9. The summed E-state index contributed by atoms with van der Waals surface area (Å²) >= 11 is 0. The summed E-state index contributed by atoms with van der Waals surface area (Å²) in [6.07, 6.45) is 3.11. The summed E-state index contributed by atoms with van der Waals surface area (Å²) in [7, 11) is -2.08. The molecule has 0 radical (unpaired) electrons. The summed E-state index contributed by atoms with van der Waals surface area (Å²) in [5, 5.41) is 9.21. The van der Waals surface area contributed by atoms with E-state index < -0.39 is 15.8 Å². The molecule has 0 aliphatic carbocycles. The summed E-state index contributed by atoms with van der Waals surface area (Å²) < 4.78 is 41.0. The van der Waals surface area contributed by atoms with Crippen molar-refractivity contribution in [2.24, 2.45) is 0 Å². The normalized spacial score (nSPS) is 11.8. The summed E-state index contributed by atoms with van der Waals surface area (Å²) in [5.41, 5.74) is 1.38. The van der Waals surface area contributed by atoms with Gasteiger partial charge in [0.2, 0.25) is 10.0 Å². The van der Waals surface area contributed by atoms with Crippen LogP contribution in [-0.2, 0) is 23.1 Å². The second kappa shape index (κ2) is 6.33. The van der Waals surface area contributed by atoms with E-state index in [0.717, 1.165) is 0 Å². The Morgan fingerprint density at radius 3 is 2.67 bits per heavy atom. The molecule has 8 heteroatoms. The molecular weight excluding hydrogens is 295 g/mol. The third-order valence-corrected chi connectivity index (χ3v) is 4.58. The first-order valence-electron chi connectivity index (χ1n) is 6.35. The highest BCUT2D eigenvalue weighted by Gasteiger charge is 2.20. The summed E-state index contributed by atoms with van der Waals surface area (Å²) in [6, 6.07) is 2.81. The molecule has 0 amide bonds. The van der Waals surface area contributed by atoms with Crippen molar-refractivity contribution in [3.05, 3.63) is 47.0 Å². The molecule has 1 aromatic heterocycles. The highest BCUT2D eigenvalue weighted by molar-refractivity contribution is 7.89. The lowest BCUT2D eigenvalue weighted by molar-refractivity contribution is 0.573. The number of nitrogens with zero attached hydrogens (tertiary/aromatic N) is 1. The van der Waals surface area contributed by atoms with Crippen LogP contribution in [0.1, 0.15) is 16.7 Å². The minimum atomic E-state index is -3.79. The van der Waals surface area contributed by atoms with Gasteiger partial charge >= 0.3 is 0 Å². The second-order valence-corrected chi connectivity index (χ2v) is 6.40. The van der Waals surface area contributed by atoms with Gasteiger partial charge in [-0.3, -0.25) is 5.10 Å². The molecule has 1 aromatic carbocycles. The minimum Gasteiger partial charge on any atom is -0.316 e. The fraction of sp³-hybridized carbons (Fsp3) is 0.308. The molecular formula is C13H17FN4O2S. The van der Waals surface area contributed by atoms with Crippen molar-refractivity contribution in [3.8, 4) is 0 Å². The Morgan fingerprint density at radius 1 is 1.29 bits per heavy atom. The number of aromatic nitrogens is 2. The predicted molar refractivity (Wildman–Crippen MR) is 76.5 cm³/mol. The SMILES string of the molecule is CNCc1cc(F)c(C)c(S(=O)(=O)NCc2cn[nH]c2)c1. The third-order valence-electron chi connectivity index (χ3n) is 3.05. The number of hydrogen-bond acceptors (Lipinski definition) is 4. The van der Waals surface area contributed by atoms with E-state index in [1.54, 1.807) is 13.2 Å². The molecule has 1 heterocycles. The van der Waals surface area contributed by atoms with E-state index in [0.29, 0.717) is 17.7 Å². The van der Waals surface area contributed by atoms with Crippen LogP contribution in [0, 0.1) is 12.7 Å². The summed E-state index contributed by atoms with van der Waals surface area (Å²) in [5.74, 6) is -0.536. The van der Waals surface area contributed by atoms with Gasteiger partial charge in [0.05, 0.1) is 11.1 Å². The van der Waals surface area contributed by atoms with E-state index >= 15 is 0 Å². The number of halogens is 1. The van der Waals surface area contributed by atoms with Gasteiger partial charge in [0, 0.05) is 30.4 Å². The number of nitrogens with one attached hydrogen (secondary N) is 3. The number of rotatable bonds is 6. The van der Waals surface area contributed by atoms with Crippen molar-refractivity contribution in [3.63, 3.8) is 0 Å². The standard InChI is InChI=1S/C13H17FN4O2S/c1-9-12(14)3-10(5-15-2)4-13(9)21(19,20)18-8-11-6-16-17-7-11/h3-4,6-7,15,18H,5,8H2,1-2H3,(H,16,17). The number of sulfonamides is 1. The molecule has 0 saturated heterocycles. The Balaban J connectivity index is 2.30. The van der Waals surface area contributed by atoms with Crippen molar-refractivity contribution in [1.82, 2.24) is 20.2 Å². The van der Waals surface area contributed by atoms with Crippen LogP contribution in [0.5, 0.6) is 0 Å². The molecule has 0 atom stereocenters. The van der Waals surface area contributed by atoms with Crippen LogP contribution >= 0.6 is 0 Å². The molecule has 0 unspecified atom stereocenters. The Hall–Kier alpha value is -1.77. The van der Waals surface area contributed by atoms with Crippen LogP contribution < -0.4 is 10.0 Å². The summed E-state index contributed by atoms with van der Waals surface area (Å²) in [6.45, 7) is 1.93. The van der Waals surface area contributed by atoms with E-state index in [1.807, 2.05) is 0 Å². The van der Waals surface area contributed by atoms with Crippen molar-refractivity contribution in [2.45, 2.75) is 24.9 Å². The zero-order valence-corrected chi connectivity index (χ0v) is 12.6.